The van der Waals surface area contributed by atoms with Gasteiger partial charge in [0.15, 0.2) is 0 Å². The number of thiophene rings is 1. The summed E-state index contributed by atoms with van der Waals surface area (Å²) < 4.78 is 6.32. The van der Waals surface area contributed by atoms with E-state index in [1.165, 1.54) is 0 Å². The van der Waals surface area contributed by atoms with Crippen molar-refractivity contribution in [3.63, 3.8) is 0 Å². The second-order valence-electron chi connectivity index (χ2n) is 3.11. The quantitative estimate of drug-likeness (QED) is 0.713. The largest absolute Gasteiger partial charge is 0.495 e. The van der Waals surface area contributed by atoms with Gasteiger partial charge in [0.05, 0.1) is 17.4 Å². The number of nitrogens with zero attached hydrogens (tertiary/aromatic N) is 1. The number of aryl methyl sites for hydroxylation is 1. The zero-order chi connectivity index (χ0) is 10.1. The Bertz CT molecular complexity index is 522. The molecule has 0 saturated heterocycles. The zero-order valence-electron chi connectivity index (χ0n) is 8.00. The summed E-state index contributed by atoms with van der Waals surface area (Å²) in [6.45, 7) is 2.00. The van der Waals surface area contributed by atoms with Crippen LogP contribution in [-0.2, 0) is 0 Å². The SMILES string of the molecule is COc1cc(C)cc2c(C#N)csc12. The topological polar surface area (TPSA) is 33.0 Å². The summed E-state index contributed by atoms with van der Waals surface area (Å²) in [7, 11) is 1.65. The molecule has 0 amide bonds. The maximum absolute atomic E-state index is 8.89. The van der Waals surface area contributed by atoms with Crippen LogP contribution >= 0.6 is 11.3 Å². The average molecular weight is 203 g/mol. The summed E-state index contributed by atoms with van der Waals surface area (Å²) in [5.41, 5.74) is 1.84. The van der Waals surface area contributed by atoms with E-state index in [2.05, 4.69) is 6.07 Å². The number of hydrogen-bond acceptors (Lipinski definition) is 3. The van der Waals surface area contributed by atoms with Crippen molar-refractivity contribution in [1.29, 1.82) is 5.26 Å². The molecular weight excluding hydrogens is 194 g/mol. The van der Waals surface area contributed by atoms with Crippen molar-refractivity contribution in [2.24, 2.45) is 0 Å². The lowest BCUT2D eigenvalue weighted by molar-refractivity contribution is 0.420. The van der Waals surface area contributed by atoms with E-state index in [1.807, 2.05) is 24.4 Å². The highest BCUT2D eigenvalue weighted by atomic mass is 32.1. The minimum Gasteiger partial charge on any atom is -0.495 e. The predicted octanol–water partition coefficient (Wildman–Crippen LogP) is 3.09. The van der Waals surface area contributed by atoms with Crippen molar-refractivity contribution in [2.45, 2.75) is 6.92 Å². The van der Waals surface area contributed by atoms with Gasteiger partial charge in [0.25, 0.3) is 0 Å². The van der Waals surface area contributed by atoms with Crippen LogP contribution in [0, 0.1) is 18.3 Å². The number of benzene rings is 1. The molecule has 0 atom stereocenters. The second-order valence-corrected chi connectivity index (χ2v) is 3.98. The second kappa shape index (κ2) is 3.32. The van der Waals surface area contributed by atoms with Crippen LogP contribution in [0.2, 0.25) is 0 Å². The van der Waals surface area contributed by atoms with Crippen LogP contribution in [0.5, 0.6) is 5.75 Å². The molecule has 1 aromatic carbocycles. The van der Waals surface area contributed by atoms with Crippen molar-refractivity contribution in [3.05, 3.63) is 28.6 Å². The molecule has 2 rings (SSSR count). The van der Waals surface area contributed by atoms with E-state index in [1.54, 1.807) is 18.4 Å². The predicted molar refractivity (Wildman–Crippen MR) is 57.8 cm³/mol. The van der Waals surface area contributed by atoms with Gasteiger partial charge < -0.3 is 4.74 Å². The third kappa shape index (κ3) is 1.24. The number of rotatable bonds is 1. The highest BCUT2D eigenvalue weighted by Gasteiger charge is 2.08. The Kier molecular flexibility index (Phi) is 2.14. The first-order valence-corrected chi connectivity index (χ1v) is 5.10. The van der Waals surface area contributed by atoms with Gasteiger partial charge in [-0.05, 0) is 24.6 Å². The summed E-state index contributed by atoms with van der Waals surface area (Å²) in [6.07, 6.45) is 0. The van der Waals surface area contributed by atoms with Crippen LogP contribution in [0.3, 0.4) is 0 Å². The Labute approximate surface area is 86.4 Å². The molecule has 0 bridgehead atoms. The number of fused-ring (bicyclic) bond motifs is 1. The third-order valence-corrected chi connectivity index (χ3v) is 3.13. The van der Waals surface area contributed by atoms with E-state index in [9.17, 15) is 0 Å². The van der Waals surface area contributed by atoms with Gasteiger partial charge in [0.1, 0.15) is 11.8 Å². The van der Waals surface area contributed by atoms with Gasteiger partial charge in [-0.1, -0.05) is 0 Å². The number of hydrogen-bond donors (Lipinski definition) is 0. The van der Waals surface area contributed by atoms with Gasteiger partial charge in [0.2, 0.25) is 0 Å². The van der Waals surface area contributed by atoms with Crippen molar-refractivity contribution < 1.29 is 4.74 Å². The number of methoxy groups -OCH3 is 1. The molecule has 2 nitrogen and oxygen atoms in total. The van der Waals surface area contributed by atoms with Crippen molar-refractivity contribution in [1.82, 2.24) is 0 Å². The van der Waals surface area contributed by atoms with Crippen LogP contribution in [0.4, 0.5) is 0 Å². The van der Waals surface area contributed by atoms with Gasteiger partial charge in [-0.2, -0.15) is 5.26 Å². The molecule has 3 heteroatoms. The Morgan fingerprint density at radius 3 is 2.86 bits per heavy atom. The number of nitriles is 1. The summed E-state index contributed by atoms with van der Waals surface area (Å²) in [6, 6.07) is 6.19. The molecule has 0 unspecified atom stereocenters. The van der Waals surface area contributed by atoms with Crippen molar-refractivity contribution >= 4 is 21.4 Å². The van der Waals surface area contributed by atoms with Crippen molar-refractivity contribution in [3.8, 4) is 11.8 Å². The summed E-state index contributed by atoms with van der Waals surface area (Å²) in [5.74, 6) is 0.853. The van der Waals surface area contributed by atoms with E-state index < -0.39 is 0 Å². The molecule has 0 aliphatic heterocycles. The van der Waals surface area contributed by atoms with E-state index in [0.717, 1.165) is 27.0 Å². The molecule has 0 radical (unpaired) electrons. The van der Waals surface area contributed by atoms with Crippen LogP contribution in [0.25, 0.3) is 10.1 Å². The summed E-state index contributed by atoms with van der Waals surface area (Å²) in [4.78, 5) is 0. The van der Waals surface area contributed by atoms with E-state index in [4.69, 9.17) is 10.00 Å². The third-order valence-electron chi connectivity index (χ3n) is 2.12. The molecule has 0 saturated carbocycles. The fourth-order valence-electron chi connectivity index (χ4n) is 1.48. The van der Waals surface area contributed by atoms with Crippen molar-refractivity contribution in [2.75, 3.05) is 7.11 Å². The molecule has 70 valence electrons. The fraction of sp³-hybridized carbons (Fsp3) is 0.182. The molecule has 0 spiro atoms. The summed E-state index contributed by atoms with van der Waals surface area (Å²) >= 11 is 1.55. The van der Waals surface area contributed by atoms with E-state index in [0.29, 0.717) is 0 Å². The minimum atomic E-state index is 0.729. The van der Waals surface area contributed by atoms with Crippen LogP contribution < -0.4 is 4.74 Å². The molecular formula is C11H9NOS. The highest BCUT2D eigenvalue weighted by molar-refractivity contribution is 7.17. The maximum Gasteiger partial charge on any atom is 0.136 e. The lowest BCUT2D eigenvalue weighted by Crippen LogP contribution is -1.84. The smallest absolute Gasteiger partial charge is 0.136 e. The fourth-order valence-corrected chi connectivity index (χ4v) is 2.45. The van der Waals surface area contributed by atoms with Crippen LogP contribution in [0.15, 0.2) is 17.5 Å². The van der Waals surface area contributed by atoms with E-state index in [-0.39, 0.29) is 0 Å². The molecule has 2 aromatic rings. The lowest BCUT2D eigenvalue weighted by Gasteiger charge is -2.02. The molecule has 0 fully saturated rings. The number of ether oxygens (including phenoxy) is 1. The molecule has 0 N–H and O–H groups in total. The Hall–Kier alpha value is -1.53. The van der Waals surface area contributed by atoms with E-state index >= 15 is 0 Å². The normalized spacial score (nSPS) is 10.1. The molecule has 14 heavy (non-hydrogen) atoms. The van der Waals surface area contributed by atoms with Gasteiger partial charge in [-0.3, -0.25) is 0 Å². The Balaban J connectivity index is 2.85. The first kappa shape index (κ1) is 9.04. The average Bonchev–Trinajstić information content (AvgIpc) is 2.59. The lowest BCUT2D eigenvalue weighted by atomic mass is 10.1. The standard InChI is InChI=1S/C11H9NOS/c1-7-3-9-8(5-12)6-14-11(9)10(4-7)13-2/h3-4,6H,1-2H3. The summed E-state index contributed by atoms with van der Waals surface area (Å²) in [5, 5.41) is 11.8. The Morgan fingerprint density at radius 1 is 1.43 bits per heavy atom. The first-order valence-electron chi connectivity index (χ1n) is 4.22. The van der Waals surface area contributed by atoms with Gasteiger partial charge in [-0.25, -0.2) is 0 Å². The molecule has 0 aliphatic rings. The van der Waals surface area contributed by atoms with Crippen LogP contribution in [-0.4, -0.2) is 7.11 Å². The molecule has 1 heterocycles. The first-order chi connectivity index (χ1) is 6.76. The van der Waals surface area contributed by atoms with Gasteiger partial charge >= 0.3 is 0 Å². The van der Waals surface area contributed by atoms with Crippen LogP contribution in [0.1, 0.15) is 11.1 Å². The van der Waals surface area contributed by atoms with Gasteiger partial charge in [-0.15, -0.1) is 11.3 Å². The molecule has 1 aromatic heterocycles. The Morgan fingerprint density at radius 2 is 2.21 bits per heavy atom. The highest BCUT2D eigenvalue weighted by Crippen LogP contribution is 2.34. The monoisotopic (exact) mass is 203 g/mol. The molecule has 0 aliphatic carbocycles. The maximum atomic E-state index is 8.89. The minimum absolute atomic E-state index is 0.729. The van der Waals surface area contributed by atoms with Gasteiger partial charge in [0, 0.05) is 10.8 Å². The zero-order valence-corrected chi connectivity index (χ0v) is 8.81.